The smallest absolute Gasteiger partial charge is 0.231 e. The number of nitrogens with one attached hydrogen (secondary N) is 1. The van der Waals surface area contributed by atoms with Crippen molar-refractivity contribution in [3.8, 4) is 17.2 Å². The van der Waals surface area contributed by atoms with Crippen LogP contribution in [0.4, 0.5) is 0 Å². The summed E-state index contributed by atoms with van der Waals surface area (Å²) in [6.07, 6.45) is 3.91. The highest BCUT2D eigenvalue weighted by atomic mass is 16.7. The molecule has 29 heavy (non-hydrogen) atoms. The molecule has 2 heterocycles. The predicted octanol–water partition coefficient (Wildman–Crippen LogP) is 1.72. The molecule has 1 aromatic carbocycles. The normalized spacial score (nSPS) is 25.9. The van der Waals surface area contributed by atoms with Crippen LogP contribution in [-0.4, -0.2) is 62.5 Å². The highest BCUT2D eigenvalue weighted by Gasteiger charge is 2.35. The van der Waals surface area contributed by atoms with Crippen molar-refractivity contribution in [1.82, 2.24) is 10.2 Å². The van der Waals surface area contributed by atoms with Crippen molar-refractivity contribution in [2.45, 2.75) is 44.2 Å². The molecule has 8 nitrogen and oxygen atoms in total. The van der Waals surface area contributed by atoms with E-state index < -0.39 is 0 Å². The zero-order chi connectivity index (χ0) is 20.2. The Morgan fingerprint density at radius 2 is 2.00 bits per heavy atom. The Morgan fingerprint density at radius 1 is 1.21 bits per heavy atom. The monoisotopic (exact) mass is 404 g/mol. The van der Waals surface area contributed by atoms with E-state index in [-0.39, 0.29) is 43.1 Å². The first-order valence-corrected chi connectivity index (χ1v) is 10.3. The fraction of sp³-hybridized carbons (Fsp3) is 0.619. The topological polar surface area (TPSA) is 86.3 Å². The minimum absolute atomic E-state index is 0.0154. The van der Waals surface area contributed by atoms with Crippen LogP contribution in [0.5, 0.6) is 17.2 Å². The molecule has 1 unspecified atom stereocenters. The molecule has 0 aromatic heterocycles. The van der Waals surface area contributed by atoms with Crippen LogP contribution in [0.25, 0.3) is 0 Å². The number of nitrogens with zero attached hydrogens (tertiary/aromatic N) is 1. The van der Waals surface area contributed by atoms with Crippen LogP contribution in [0.15, 0.2) is 18.2 Å². The van der Waals surface area contributed by atoms with Crippen molar-refractivity contribution in [2.75, 3.05) is 33.6 Å². The molecule has 2 aliphatic heterocycles. The molecule has 0 spiro atoms. The predicted molar refractivity (Wildman–Crippen MR) is 104 cm³/mol. The van der Waals surface area contributed by atoms with Gasteiger partial charge in [0.2, 0.25) is 18.6 Å². The molecule has 0 radical (unpaired) electrons. The Bertz CT molecular complexity index is 747. The molecular weight excluding hydrogens is 376 g/mol. The number of rotatable bonds is 7. The summed E-state index contributed by atoms with van der Waals surface area (Å²) in [5.74, 6) is 2.00. The standard InChI is InChI=1S/C21H28N2O6/c1-26-9-8-23-12-14(10-20(23)24)21(25)22-15-2-4-16(5-3-15)29-17-6-7-18-19(11-17)28-13-27-18/h6-7,11,14-16H,2-5,8-10,12-13H2,1H3,(H,22,25). The molecule has 1 N–H and O–H groups in total. The highest BCUT2D eigenvalue weighted by Crippen LogP contribution is 2.36. The average Bonchev–Trinajstić information content (AvgIpc) is 3.34. The second kappa shape index (κ2) is 8.90. The van der Waals surface area contributed by atoms with E-state index in [9.17, 15) is 9.59 Å². The molecular formula is C21H28N2O6. The fourth-order valence-electron chi connectivity index (χ4n) is 4.15. The number of benzene rings is 1. The summed E-state index contributed by atoms with van der Waals surface area (Å²) in [6.45, 7) is 1.77. The molecule has 3 aliphatic rings. The lowest BCUT2D eigenvalue weighted by atomic mass is 9.92. The van der Waals surface area contributed by atoms with Crippen LogP contribution in [0.1, 0.15) is 32.1 Å². The molecule has 8 heteroatoms. The van der Waals surface area contributed by atoms with Crippen molar-refractivity contribution in [2.24, 2.45) is 5.92 Å². The lowest BCUT2D eigenvalue weighted by Crippen LogP contribution is -2.43. The third-order valence-corrected chi connectivity index (χ3v) is 5.82. The number of hydrogen-bond acceptors (Lipinski definition) is 6. The Kier molecular flexibility index (Phi) is 6.08. The van der Waals surface area contributed by atoms with E-state index in [1.807, 2.05) is 18.2 Å². The molecule has 2 amide bonds. The second-order valence-electron chi connectivity index (χ2n) is 7.85. The van der Waals surface area contributed by atoms with Gasteiger partial charge in [0.15, 0.2) is 11.5 Å². The maximum Gasteiger partial charge on any atom is 0.231 e. The van der Waals surface area contributed by atoms with Gasteiger partial charge in [-0.2, -0.15) is 0 Å². The summed E-state index contributed by atoms with van der Waals surface area (Å²) in [5.41, 5.74) is 0. The number of carbonyl (C=O) groups excluding carboxylic acids is 2. The maximum absolute atomic E-state index is 12.6. The largest absolute Gasteiger partial charge is 0.490 e. The van der Waals surface area contributed by atoms with Gasteiger partial charge < -0.3 is 29.2 Å². The Hall–Kier alpha value is -2.48. The summed E-state index contributed by atoms with van der Waals surface area (Å²) >= 11 is 0. The first-order chi connectivity index (χ1) is 14.1. The Balaban J connectivity index is 1.21. The number of carbonyl (C=O) groups is 2. The van der Waals surface area contributed by atoms with Gasteiger partial charge in [0.25, 0.3) is 0 Å². The number of likely N-dealkylation sites (tertiary alicyclic amines) is 1. The van der Waals surface area contributed by atoms with Gasteiger partial charge in [-0.3, -0.25) is 9.59 Å². The SMILES string of the molecule is COCCN1CC(C(=O)NC2CCC(Oc3ccc4c(c3)OCO4)CC2)CC1=O. The molecule has 1 saturated heterocycles. The van der Waals surface area contributed by atoms with Crippen LogP contribution in [0, 0.1) is 5.92 Å². The van der Waals surface area contributed by atoms with Crippen LogP contribution in [-0.2, 0) is 14.3 Å². The lowest BCUT2D eigenvalue weighted by molar-refractivity contribution is -0.129. The van der Waals surface area contributed by atoms with E-state index in [0.717, 1.165) is 37.2 Å². The van der Waals surface area contributed by atoms with Gasteiger partial charge in [0.1, 0.15) is 5.75 Å². The molecule has 1 aliphatic carbocycles. The second-order valence-corrected chi connectivity index (χ2v) is 7.85. The first kappa shape index (κ1) is 19.8. The van der Waals surface area contributed by atoms with Gasteiger partial charge in [0, 0.05) is 38.7 Å². The molecule has 1 atom stereocenters. The molecule has 1 saturated carbocycles. The molecule has 1 aromatic rings. The minimum atomic E-state index is -0.262. The number of methoxy groups -OCH3 is 1. The Labute approximate surface area is 170 Å². The third kappa shape index (κ3) is 4.75. The summed E-state index contributed by atoms with van der Waals surface area (Å²) in [7, 11) is 1.61. The summed E-state index contributed by atoms with van der Waals surface area (Å²) in [6, 6.07) is 5.76. The lowest BCUT2D eigenvalue weighted by Gasteiger charge is -2.30. The van der Waals surface area contributed by atoms with Gasteiger partial charge in [-0.15, -0.1) is 0 Å². The van der Waals surface area contributed by atoms with Crippen LogP contribution >= 0.6 is 0 Å². The minimum Gasteiger partial charge on any atom is -0.490 e. The van der Waals surface area contributed by atoms with E-state index in [0.29, 0.717) is 25.4 Å². The quantitative estimate of drug-likeness (QED) is 0.745. The maximum atomic E-state index is 12.6. The van der Waals surface area contributed by atoms with E-state index in [1.165, 1.54) is 0 Å². The van der Waals surface area contributed by atoms with E-state index in [1.54, 1.807) is 12.0 Å². The van der Waals surface area contributed by atoms with Crippen molar-refractivity contribution >= 4 is 11.8 Å². The zero-order valence-corrected chi connectivity index (χ0v) is 16.7. The van der Waals surface area contributed by atoms with Crippen LogP contribution in [0.2, 0.25) is 0 Å². The molecule has 2 fully saturated rings. The first-order valence-electron chi connectivity index (χ1n) is 10.3. The van der Waals surface area contributed by atoms with Gasteiger partial charge in [-0.05, 0) is 37.8 Å². The number of hydrogen-bond donors (Lipinski definition) is 1. The summed E-state index contributed by atoms with van der Waals surface area (Å²) in [5, 5.41) is 3.14. The van der Waals surface area contributed by atoms with Crippen molar-refractivity contribution in [3.05, 3.63) is 18.2 Å². The van der Waals surface area contributed by atoms with Crippen molar-refractivity contribution in [1.29, 1.82) is 0 Å². The third-order valence-electron chi connectivity index (χ3n) is 5.82. The number of fused-ring (bicyclic) bond motifs is 1. The molecule has 0 bridgehead atoms. The van der Waals surface area contributed by atoms with E-state index >= 15 is 0 Å². The number of ether oxygens (including phenoxy) is 4. The van der Waals surface area contributed by atoms with E-state index in [2.05, 4.69) is 5.32 Å². The van der Waals surface area contributed by atoms with Crippen molar-refractivity contribution in [3.63, 3.8) is 0 Å². The highest BCUT2D eigenvalue weighted by molar-refractivity contribution is 5.89. The Morgan fingerprint density at radius 3 is 2.79 bits per heavy atom. The molecule has 4 rings (SSSR count). The fourth-order valence-corrected chi connectivity index (χ4v) is 4.15. The zero-order valence-electron chi connectivity index (χ0n) is 16.7. The summed E-state index contributed by atoms with van der Waals surface area (Å²) in [4.78, 5) is 26.3. The van der Waals surface area contributed by atoms with Gasteiger partial charge in [-0.25, -0.2) is 0 Å². The number of amides is 2. The molecule has 158 valence electrons. The van der Waals surface area contributed by atoms with Gasteiger partial charge >= 0.3 is 0 Å². The van der Waals surface area contributed by atoms with Crippen LogP contribution < -0.4 is 19.5 Å². The van der Waals surface area contributed by atoms with Gasteiger partial charge in [-0.1, -0.05) is 0 Å². The average molecular weight is 404 g/mol. The summed E-state index contributed by atoms with van der Waals surface area (Å²) < 4.78 is 21.8. The van der Waals surface area contributed by atoms with Crippen LogP contribution in [0.3, 0.4) is 0 Å². The van der Waals surface area contributed by atoms with E-state index in [4.69, 9.17) is 18.9 Å². The van der Waals surface area contributed by atoms with Gasteiger partial charge in [0.05, 0.1) is 18.6 Å². The van der Waals surface area contributed by atoms with Crippen molar-refractivity contribution < 1.29 is 28.5 Å².